The highest BCUT2D eigenvalue weighted by Gasteiger charge is 2.16. The van der Waals surface area contributed by atoms with Crippen molar-refractivity contribution in [2.75, 3.05) is 6.61 Å². The van der Waals surface area contributed by atoms with Gasteiger partial charge in [0.1, 0.15) is 0 Å². The SMILES string of the molecule is CCOc1ccc(/C(C)=N\NC(=O)Cc2ccc(Cl)cc2)cc1[N+](=O)[O-]. The molecule has 136 valence electrons. The summed E-state index contributed by atoms with van der Waals surface area (Å²) < 4.78 is 5.25. The van der Waals surface area contributed by atoms with Gasteiger partial charge in [-0.2, -0.15) is 5.10 Å². The summed E-state index contributed by atoms with van der Waals surface area (Å²) in [5.74, 6) is -0.104. The second-order valence-electron chi connectivity index (χ2n) is 5.41. The number of rotatable bonds is 7. The van der Waals surface area contributed by atoms with E-state index in [1.165, 1.54) is 12.1 Å². The highest BCUT2D eigenvalue weighted by Crippen LogP contribution is 2.28. The van der Waals surface area contributed by atoms with Crippen LogP contribution in [0.5, 0.6) is 5.75 Å². The summed E-state index contributed by atoms with van der Waals surface area (Å²) in [6.45, 7) is 3.73. The van der Waals surface area contributed by atoms with Crippen molar-refractivity contribution < 1.29 is 14.5 Å². The van der Waals surface area contributed by atoms with E-state index in [9.17, 15) is 14.9 Å². The Morgan fingerprint density at radius 3 is 2.58 bits per heavy atom. The van der Waals surface area contributed by atoms with Gasteiger partial charge in [-0.3, -0.25) is 14.9 Å². The average molecular weight is 376 g/mol. The lowest BCUT2D eigenvalue weighted by atomic mass is 10.1. The molecule has 0 saturated carbocycles. The largest absolute Gasteiger partial charge is 0.487 e. The van der Waals surface area contributed by atoms with Gasteiger partial charge < -0.3 is 4.74 Å². The Kier molecular flexibility index (Phi) is 6.68. The van der Waals surface area contributed by atoms with Crippen LogP contribution in [0.25, 0.3) is 0 Å². The van der Waals surface area contributed by atoms with E-state index in [2.05, 4.69) is 10.5 Å². The third-order valence-electron chi connectivity index (χ3n) is 3.50. The molecule has 0 aliphatic heterocycles. The summed E-state index contributed by atoms with van der Waals surface area (Å²) >= 11 is 5.81. The molecule has 2 aromatic carbocycles. The van der Waals surface area contributed by atoms with Gasteiger partial charge in [0.2, 0.25) is 5.91 Å². The Labute approximate surface area is 155 Å². The smallest absolute Gasteiger partial charge is 0.311 e. The number of amides is 1. The number of hydrogen-bond acceptors (Lipinski definition) is 5. The van der Waals surface area contributed by atoms with E-state index in [0.29, 0.717) is 22.9 Å². The Balaban J connectivity index is 2.08. The first-order valence-corrected chi connectivity index (χ1v) is 8.27. The second kappa shape index (κ2) is 8.96. The van der Waals surface area contributed by atoms with Crippen LogP contribution in [-0.2, 0) is 11.2 Å². The van der Waals surface area contributed by atoms with Gasteiger partial charge in [-0.25, -0.2) is 5.43 Å². The predicted molar refractivity (Wildman–Crippen MR) is 99.8 cm³/mol. The first-order valence-electron chi connectivity index (χ1n) is 7.90. The van der Waals surface area contributed by atoms with Crippen molar-refractivity contribution in [2.24, 2.45) is 5.10 Å². The van der Waals surface area contributed by atoms with E-state index in [1.54, 1.807) is 44.2 Å². The topological polar surface area (TPSA) is 93.8 Å². The van der Waals surface area contributed by atoms with Crippen LogP contribution in [-0.4, -0.2) is 23.1 Å². The number of hydrogen-bond donors (Lipinski definition) is 1. The third-order valence-corrected chi connectivity index (χ3v) is 3.75. The van der Waals surface area contributed by atoms with Gasteiger partial charge in [0.15, 0.2) is 5.75 Å². The highest BCUT2D eigenvalue weighted by atomic mass is 35.5. The summed E-state index contributed by atoms with van der Waals surface area (Å²) in [4.78, 5) is 22.6. The Morgan fingerprint density at radius 1 is 1.27 bits per heavy atom. The number of nitro groups is 1. The molecule has 0 saturated heterocycles. The number of nitrogens with zero attached hydrogens (tertiary/aromatic N) is 2. The van der Waals surface area contributed by atoms with E-state index in [0.717, 1.165) is 5.56 Å². The number of halogens is 1. The molecule has 0 spiro atoms. The molecule has 8 heteroatoms. The van der Waals surface area contributed by atoms with Gasteiger partial charge >= 0.3 is 5.69 Å². The molecule has 0 bridgehead atoms. The zero-order chi connectivity index (χ0) is 19.1. The molecule has 0 heterocycles. The molecule has 0 aliphatic rings. The zero-order valence-electron chi connectivity index (χ0n) is 14.4. The van der Waals surface area contributed by atoms with Crippen LogP contribution in [0.1, 0.15) is 25.0 Å². The number of ether oxygens (including phenoxy) is 1. The molecule has 26 heavy (non-hydrogen) atoms. The molecule has 0 unspecified atom stereocenters. The first-order chi connectivity index (χ1) is 12.4. The number of carbonyl (C=O) groups excluding carboxylic acids is 1. The number of nitrogens with one attached hydrogen (secondary N) is 1. The van der Waals surface area contributed by atoms with Crippen molar-refractivity contribution in [1.29, 1.82) is 0 Å². The molecule has 0 radical (unpaired) electrons. The minimum absolute atomic E-state index is 0.147. The Bertz CT molecular complexity index is 835. The van der Waals surface area contributed by atoms with Crippen LogP contribution in [0.3, 0.4) is 0 Å². The maximum absolute atomic E-state index is 12.0. The van der Waals surface area contributed by atoms with Crippen LogP contribution < -0.4 is 10.2 Å². The van der Waals surface area contributed by atoms with E-state index >= 15 is 0 Å². The molecule has 0 atom stereocenters. The van der Waals surface area contributed by atoms with Crippen molar-refractivity contribution in [3.63, 3.8) is 0 Å². The maximum atomic E-state index is 12.0. The quantitative estimate of drug-likeness (QED) is 0.453. The predicted octanol–water partition coefficient (Wildman–Crippen LogP) is 3.73. The normalized spacial score (nSPS) is 11.1. The van der Waals surface area contributed by atoms with Crippen LogP contribution in [0.15, 0.2) is 47.6 Å². The maximum Gasteiger partial charge on any atom is 0.311 e. The molecule has 0 aromatic heterocycles. The lowest BCUT2D eigenvalue weighted by Gasteiger charge is -2.07. The van der Waals surface area contributed by atoms with Gasteiger partial charge in [-0.15, -0.1) is 0 Å². The standard InChI is InChI=1S/C18H18ClN3O4/c1-3-26-17-9-6-14(11-16(17)22(24)25)12(2)20-21-18(23)10-13-4-7-15(19)8-5-13/h4-9,11H,3,10H2,1-2H3,(H,21,23)/b20-12-. The third kappa shape index (κ3) is 5.29. The summed E-state index contributed by atoms with van der Waals surface area (Å²) in [6.07, 6.45) is 0.150. The van der Waals surface area contributed by atoms with Crippen molar-refractivity contribution in [1.82, 2.24) is 5.43 Å². The fraction of sp³-hybridized carbons (Fsp3) is 0.222. The lowest BCUT2D eigenvalue weighted by Crippen LogP contribution is -2.21. The Morgan fingerprint density at radius 2 is 1.96 bits per heavy atom. The summed E-state index contributed by atoms with van der Waals surface area (Å²) in [5.41, 5.74) is 4.07. The molecule has 2 aromatic rings. The van der Waals surface area contributed by atoms with Crippen molar-refractivity contribution in [2.45, 2.75) is 20.3 Å². The first kappa shape index (κ1) is 19.4. The molecular weight excluding hydrogens is 358 g/mol. The summed E-state index contributed by atoms with van der Waals surface area (Å²) in [5, 5.41) is 15.8. The van der Waals surface area contributed by atoms with Gasteiger partial charge in [0, 0.05) is 16.7 Å². The van der Waals surface area contributed by atoms with Crippen LogP contribution in [0.4, 0.5) is 5.69 Å². The van der Waals surface area contributed by atoms with Crippen LogP contribution in [0.2, 0.25) is 5.02 Å². The van der Waals surface area contributed by atoms with Crippen LogP contribution in [0, 0.1) is 10.1 Å². The molecule has 0 aliphatic carbocycles. The number of nitro benzene ring substituents is 1. The zero-order valence-corrected chi connectivity index (χ0v) is 15.1. The highest BCUT2D eigenvalue weighted by molar-refractivity contribution is 6.30. The van der Waals surface area contributed by atoms with E-state index in [1.807, 2.05) is 0 Å². The van der Waals surface area contributed by atoms with Crippen LogP contribution >= 0.6 is 11.6 Å². The summed E-state index contributed by atoms with van der Waals surface area (Å²) in [6, 6.07) is 11.5. The summed E-state index contributed by atoms with van der Waals surface area (Å²) in [7, 11) is 0. The minimum atomic E-state index is -0.513. The fourth-order valence-electron chi connectivity index (χ4n) is 2.20. The Hall–Kier alpha value is -2.93. The van der Waals surface area contributed by atoms with Gasteiger partial charge in [-0.1, -0.05) is 23.7 Å². The minimum Gasteiger partial charge on any atom is -0.487 e. The molecule has 1 N–H and O–H groups in total. The molecule has 1 amide bonds. The van der Waals surface area contributed by atoms with Gasteiger partial charge in [0.05, 0.1) is 23.7 Å². The average Bonchev–Trinajstić information content (AvgIpc) is 2.62. The number of hydrazone groups is 1. The van der Waals surface area contributed by atoms with E-state index in [4.69, 9.17) is 16.3 Å². The number of benzene rings is 2. The monoisotopic (exact) mass is 375 g/mol. The van der Waals surface area contributed by atoms with Gasteiger partial charge in [-0.05, 0) is 43.7 Å². The number of carbonyl (C=O) groups is 1. The van der Waals surface area contributed by atoms with Gasteiger partial charge in [0.25, 0.3) is 0 Å². The second-order valence-corrected chi connectivity index (χ2v) is 5.84. The van der Waals surface area contributed by atoms with E-state index < -0.39 is 4.92 Å². The molecular formula is C18H18ClN3O4. The molecule has 0 fully saturated rings. The van der Waals surface area contributed by atoms with Crippen molar-refractivity contribution in [3.8, 4) is 5.75 Å². The van der Waals surface area contributed by atoms with Crippen molar-refractivity contribution in [3.05, 3.63) is 68.7 Å². The van der Waals surface area contributed by atoms with E-state index in [-0.39, 0.29) is 23.8 Å². The lowest BCUT2D eigenvalue weighted by molar-refractivity contribution is -0.385. The molecule has 2 rings (SSSR count). The fourth-order valence-corrected chi connectivity index (χ4v) is 2.33. The van der Waals surface area contributed by atoms with Crippen molar-refractivity contribution >= 4 is 28.9 Å². The molecule has 7 nitrogen and oxygen atoms in total.